The molecule has 1 amide bonds. The summed E-state index contributed by atoms with van der Waals surface area (Å²) in [5.74, 6) is 0.473. The minimum atomic E-state index is -0.111. The standard InChI is InChI=1S/C24H28N4O/c1-5-27(17-20-12-8-7-9-13-20)24-25-19(4)16-22(26-24)23(29)28(6-2)21-14-10-11-18(3)15-21/h7-16H,5-6,17H2,1-4H3. The molecule has 0 saturated heterocycles. The van der Waals surface area contributed by atoms with E-state index in [0.717, 1.165) is 23.5 Å². The molecular formula is C24H28N4O. The quantitative estimate of drug-likeness (QED) is 0.584. The summed E-state index contributed by atoms with van der Waals surface area (Å²) in [4.78, 5) is 26.4. The van der Waals surface area contributed by atoms with Crippen molar-refractivity contribution in [2.24, 2.45) is 0 Å². The van der Waals surface area contributed by atoms with Crippen LogP contribution in [0.1, 0.15) is 41.2 Å². The van der Waals surface area contributed by atoms with Crippen molar-refractivity contribution in [1.82, 2.24) is 9.97 Å². The lowest BCUT2D eigenvalue weighted by Crippen LogP contribution is -2.32. The average Bonchev–Trinajstić information content (AvgIpc) is 2.73. The van der Waals surface area contributed by atoms with E-state index in [9.17, 15) is 4.79 Å². The van der Waals surface area contributed by atoms with E-state index in [1.54, 1.807) is 11.0 Å². The van der Waals surface area contributed by atoms with E-state index < -0.39 is 0 Å². The van der Waals surface area contributed by atoms with E-state index in [2.05, 4.69) is 33.9 Å². The maximum atomic E-state index is 13.3. The third kappa shape index (κ3) is 4.99. The van der Waals surface area contributed by atoms with E-state index in [0.29, 0.717) is 24.7 Å². The largest absolute Gasteiger partial charge is 0.337 e. The summed E-state index contributed by atoms with van der Waals surface area (Å²) in [6.45, 7) is 10.00. The summed E-state index contributed by atoms with van der Waals surface area (Å²) in [5, 5.41) is 0. The van der Waals surface area contributed by atoms with E-state index in [1.807, 2.05) is 63.2 Å². The molecular weight excluding hydrogens is 360 g/mol. The molecule has 1 heterocycles. The maximum Gasteiger partial charge on any atom is 0.277 e. The lowest BCUT2D eigenvalue weighted by Gasteiger charge is -2.24. The molecule has 0 spiro atoms. The van der Waals surface area contributed by atoms with Gasteiger partial charge in [0.25, 0.3) is 5.91 Å². The van der Waals surface area contributed by atoms with Crippen LogP contribution in [0.15, 0.2) is 60.7 Å². The van der Waals surface area contributed by atoms with Crippen molar-refractivity contribution < 1.29 is 4.79 Å². The molecule has 3 rings (SSSR count). The number of hydrogen-bond donors (Lipinski definition) is 0. The predicted octanol–water partition coefficient (Wildman–Crippen LogP) is 4.79. The van der Waals surface area contributed by atoms with Gasteiger partial charge in [-0.3, -0.25) is 4.79 Å². The fourth-order valence-electron chi connectivity index (χ4n) is 3.31. The summed E-state index contributed by atoms with van der Waals surface area (Å²) in [6.07, 6.45) is 0. The fourth-order valence-corrected chi connectivity index (χ4v) is 3.31. The van der Waals surface area contributed by atoms with Gasteiger partial charge in [0.1, 0.15) is 5.69 Å². The van der Waals surface area contributed by atoms with Gasteiger partial charge in [0.2, 0.25) is 5.95 Å². The van der Waals surface area contributed by atoms with Crippen molar-refractivity contribution in [3.63, 3.8) is 0 Å². The van der Waals surface area contributed by atoms with Crippen molar-refractivity contribution in [2.75, 3.05) is 22.9 Å². The van der Waals surface area contributed by atoms with Gasteiger partial charge in [0.15, 0.2) is 0 Å². The summed E-state index contributed by atoms with van der Waals surface area (Å²) >= 11 is 0. The van der Waals surface area contributed by atoms with Crippen LogP contribution in [-0.2, 0) is 6.54 Å². The topological polar surface area (TPSA) is 49.3 Å². The third-order valence-electron chi connectivity index (χ3n) is 4.82. The SMILES string of the molecule is CCN(Cc1ccccc1)c1nc(C)cc(C(=O)N(CC)c2cccc(C)c2)n1. The Balaban J connectivity index is 1.91. The molecule has 0 fully saturated rings. The van der Waals surface area contributed by atoms with Crippen LogP contribution in [0.2, 0.25) is 0 Å². The molecule has 5 heteroatoms. The van der Waals surface area contributed by atoms with E-state index in [-0.39, 0.29) is 5.91 Å². The summed E-state index contributed by atoms with van der Waals surface area (Å²) in [7, 11) is 0. The number of aromatic nitrogens is 2. The lowest BCUT2D eigenvalue weighted by atomic mass is 10.2. The van der Waals surface area contributed by atoms with Crippen LogP contribution < -0.4 is 9.80 Å². The first-order valence-electron chi connectivity index (χ1n) is 10.0. The molecule has 3 aromatic rings. The molecule has 29 heavy (non-hydrogen) atoms. The molecule has 0 saturated carbocycles. The van der Waals surface area contributed by atoms with Gasteiger partial charge in [0.05, 0.1) is 0 Å². The van der Waals surface area contributed by atoms with Gasteiger partial charge in [-0.2, -0.15) is 0 Å². The van der Waals surface area contributed by atoms with Crippen molar-refractivity contribution in [2.45, 2.75) is 34.2 Å². The monoisotopic (exact) mass is 388 g/mol. The second kappa shape index (κ2) is 9.32. The highest BCUT2D eigenvalue weighted by Crippen LogP contribution is 2.20. The number of carbonyl (C=O) groups is 1. The van der Waals surface area contributed by atoms with Crippen LogP contribution in [0.5, 0.6) is 0 Å². The van der Waals surface area contributed by atoms with Gasteiger partial charge >= 0.3 is 0 Å². The second-order valence-corrected chi connectivity index (χ2v) is 7.08. The number of aryl methyl sites for hydroxylation is 2. The lowest BCUT2D eigenvalue weighted by molar-refractivity contribution is 0.0983. The van der Waals surface area contributed by atoms with E-state index in [4.69, 9.17) is 0 Å². The molecule has 150 valence electrons. The number of hydrogen-bond acceptors (Lipinski definition) is 4. The number of amides is 1. The predicted molar refractivity (Wildman–Crippen MR) is 118 cm³/mol. The van der Waals surface area contributed by atoms with Gasteiger partial charge in [0, 0.05) is 31.0 Å². The van der Waals surface area contributed by atoms with Gasteiger partial charge in [-0.25, -0.2) is 9.97 Å². The zero-order valence-corrected chi connectivity index (χ0v) is 17.6. The Labute approximate surface area is 173 Å². The van der Waals surface area contributed by atoms with Crippen LogP contribution in [-0.4, -0.2) is 29.0 Å². The molecule has 1 aromatic heterocycles. The van der Waals surface area contributed by atoms with Gasteiger partial charge in [-0.15, -0.1) is 0 Å². The summed E-state index contributed by atoms with van der Waals surface area (Å²) in [6, 6.07) is 20.0. The number of rotatable bonds is 7. The van der Waals surface area contributed by atoms with Crippen LogP contribution in [0.3, 0.4) is 0 Å². The van der Waals surface area contributed by atoms with Crippen LogP contribution in [0.25, 0.3) is 0 Å². The molecule has 0 aliphatic heterocycles. The molecule has 0 radical (unpaired) electrons. The van der Waals surface area contributed by atoms with Gasteiger partial charge in [-0.05, 0) is 57.0 Å². The Morgan fingerprint density at radius 1 is 0.897 bits per heavy atom. The van der Waals surface area contributed by atoms with Gasteiger partial charge in [-0.1, -0.05) is 42.5 Å². The van der Waals surface area contributed by atoms with Crippen LogP contribution >= 0.6 is 0 Å². The van der Waals surface area contributed by atoms with E-state index in [1.165, 1.54) is 5.56 Å². The van der Waals surface area contributed by atoms with E-state index >= 15 is 0 Å². The summed E-state index contributed by atoms with van der Waals surface area (Å²) in [5.41, 5.74) is 4.38. The number of anilines is 2. The Morgan fingerprint density at radius 3 is 2.31 bits per heavy atom. The first-order chi connectivity index (χ1) is 14.0. The number of benzene rings is 2. The second-order valence-electron chi connectivity index (χ2n) is 7.08. The van der Waals surface area contributed by atoms with Crippen molar-refractivity contribution in [3.8, 4) is 0 Å². The normalized spacial score (nSPS) is 10.6. The molecule has 2 aromatic carbocycles. The van der Waals surface area contributed by atoms with Crippen molar-refractivity contribution in [1.29, 1.82) is 0 Å². The van der Waals surface area contributed by atoms with Gasteiger partial charge < -0.3 is 9.80 Å². The Bertz CT molecular complexity index is 972. The minimum Gasteiger partial charge on any atom is -0.337 e. The molecule has 5 nitrogen and oxygen atoms in total. The zero-order chi connectivity index (χ0) is 20.8. The first-order valence-corrected chi connectivity index (χ1v) is 10.0. The third-order valence-corrected chi connectivity index (χ3v) is 4.82. The molecule has 0 bridgehead atoms. The highest BCUT2D eigenvalue weighted by Gasteiger charge is 2.20. The van der Waals surface area contributed by atoms with Crippen LogP contribution in [0.4, 0.5) is 11.6 Å². The Hall–Kier alpha value is -3.21. The number of carbonyl (C=O) groups excluding carboxylic acids is 1. The smallest absolute Gasteiger partial charge is 0.277 e. The van der Waals surface area contributed by atoms with Crippen molar-refractivity contribution >= 4 is 17.5 Å². The van der Waals surface area contributed by atoms with Crippen molar-refractivity contribution in [3.05, 3.63) is 83.2 Å². The highest BCUT2D eigenvalue weighted by atomic mass is 16.2. The molecule has 0 N–H and O–H groups in total. The highest BCUT2D eigenvalue weighted by molar-refractivity contribution is 6.05. The Kier molecular flexibility index (Phi) is 6.60. The Morgan fingerprint density at radius 2 is 1.66 bits per heavy atom. The molecule has 0 unspecified atom stereocenters. The molecule has 0 aliphatic carbocycles. The summed E-state index contributed by atoms with van der Waals surface area (Å²) < 4.78 is 0. The molecule has 0 atom stereocenters. The fraction of sp³-hybridized carbons (Fsp3) is 0.292. The first kappa shape index (κ1) is 20.5. The zero-order valence-electron chi connectivity index (χ0n) is 17.6. The number of nitrogens with zero attached hydrogens (tertiary/aromatic N) is 4. The maximum absolute atomic E-state index is 13.3. The molecule has 0 aliphatic rings. The van der Waals surface area contributed by atoms with Crippen LogP contribution in [0, 0.1) is 13.8 Å². The minimum absolute atomic E-state index is 0.111. The average molecular weight is 389 g/mol.